The van der Waals surface area contributed by atoms with Crippen molar-refractivity contribution in [1.29, 1.82) is 0 Å². The van der Waals surface area contributed by atoms with E-state index in [1.54, 1.807) is 29.7 Å². The predicted octanol–water partition coefficient (Wildman–Crippen LogP) is 2.36. The molecule has 0 amide bonds. The van der Waals surface area contributed by atoms with Gasteiger partial charge >= 0.3 is 0 Å². The van der Waals surface area contributed by atoms with Gasteiger partial charge in [-0.05, 0) is 17.5 Å². The highest BCUT2D eigenvalue weighted by Gasteiger charge is 2.00. The van der Waals surface area contributed by atoms with Crippen LogP contribution in [0.3, 0.4) is 0 Å². The first-order valence-electron chi connectivity index (χ1n) is 4.67. The number of rotatable bonds is 4. The van der Waals surface area contributed by atoms with Gasteiger partial charge < -0.3 is 10.5 Å². The summed E-state index contributed by atoms with van der Waals surface area (Å²) in [6.45, 7) is 0.539. The first-order valence-corrected chi connectivity index (χ1v) is 5.95. The lowest BCUT2D eigenvalue weighted by atomic mass is 10.3. The fraction of sp³-hybridized carbons (Fsp3) is 0.0909. The maximum absolute atomic E-state index is 5.50. The molecule has 0 aromatic carbocycles. The van der Waals surface area contributed by atoms with Crippen LogP contribution in [-0.4, -0.2) is 9.97 Å². The number of nitrogens with two attached hydrogens (primary N) is 1. The molecule has 5 heteroatoms. The molecule has 2 N–H and O–H groups in total. The topological polar surface area (TPSA) is 48.1 Å². The van der Waals surface area contributed by atoms with Crippen molar-refractivity contribution in [3.8, 4) is 5.88 Å². The van der Waals surface area contributed by atoms with Gasteiger partial charge in [-0.2, -0.15) is 0 Å². The Kier molecular flexibility index (Phi) is 3.48. The molecule has 0 saturated heterocycles. The van der Waals surface area contributed by atoms with Gasteiger partial charge in [0, 0.05) is 22.7 Å². The van der Waals surface area contributed by atoms with Crippen molar-refractivity contribution in [1.82, 2.24) is 4.98 Å². The molecule has 3 nitrogen and oxygen atoms in total. The molecule has 0 spiro atoms. The Morgan fingerprint density at radius 2 is 2.31 bits per heavy atom. The van der Waals surface area contributed by atoms with E-state index < -0.39 is 0 Å². The van der Waals surface area contributed by atoms with E-state index in [2.05, 4.69) is 4.98 Å². The number of pyridine rings is 1. The quantitative estimate of drug-likeness (QED) is 0.846. The SMILES string of the molecule is NC(=S)c1ccc(OCc2cccs2)nc1. The number of aromatic nitrogens is 1. The molecule has 0 atom stereocenters. The fourth-order valence-corrected chi connectivity index (χ4v) is 1.89. The molecule has 0 aliphatic carbocycles. The average Bonchev–Trinajstić information content (AvgIpc) is 2.80. The molecule has 0 fully saturated rings. The van der Waals surface area contributed by atoms with Crippen molar-refractivity contribution in [2.45, 2.75) is 6.61 Å². The van der Waals surface area contributed by atoms with E-state index in [4.69, 9.17) is 22.7 Å². The lowest BCUT2D eigenvalue weighted by molar-refractivity contribution is 0.297. The minimum atomic E-state index is 0.345. The molecular weight excluding hydrogens is 240 g/mol. The summed E-state index contributed by atoms with van der Waals surface area (Å²) in [5.41, 5.74) is 6.22. The van der Waals surface area contributed by atoms with Crippen molar-refractivity contribution in [3.63, 3.8) is 0 Å². The molecule has 2 aromatic heterocycles. The summed E-state index contributed by atoms with van der Waals surface area (Å²) >= 11 is 6.49. The average molecular weight is 250 g/mol. The van der Waals surface area contributed by atoms with Crippen LogP contribution in [0, 0.1) is 0 Å². The largest absolute Gasteiger partial charge is 0.472 e. The monoisotopic (exact) mass is 250 g/mol. The van der Waals surface area contributed by atoms with Crippen LogP contribution in [0.1, 0.15) is 10.4 Å². The van der Waals surface area contributed by atoms with Gasteiger partial charge in [0.25, 0.3) is 0 Å². The van der Waals surface area contributed by atoms with Crippen LogP contribution in [0.4, 0.5) is 0 Å². The van der Waals surface area contributed by atoms with Crippen LogP contribution in [0.2, 0.25) is 0 Å². The Morgan fingerprint density at radius 3 is 2.88 bits per heavy atom. The molecule has 82 valence electrons. The number of thiocarbonyl (C=S) groups is 1. The summed E-state index contributed by atoms with van der Waals surface area (Å²) in [6.07, 6.45) is 1.62. The summed E-state index contributed by atoms with van der Waals surface area (Å²) in [4.78, 5) is 5.63. The molecule has 0 aliphatic heterocycles. The number of nitrogens with zero attached hydrogens (tertiary/aromatic N) is 1. The van der Waals surface area contributed by atoms with E-state index in [1.165, 1.54) is 4.88 Å². The molecule has 16 heavy (non-hydrogen) atoms. The van der Waals surface area contributed by atoms with E-state index in [-0.39, 0.29) is 0 Å². The summed E-state index contributed by atoms with van der Waals surface area (Å²) in [6, 6.07) is 7.59. The van der Waals surface area contributed by atoms with E-state index in [0.717, 1.165) is 5.56 Å². The number of hydrogen-bond acceptors (Lipinski definition) is 4. The van der Waals surface area contributed by atoms with E-state index in [1.807, 2.05) is 17.5 Å². The van der Waals surface area contributed by atoms with Gasteiger partial charge in [-0.25, -0.2) is 4.98 Å². The zero-order chi connectivity index (χ0) is 11.4. The van der Waals surface area contributed by atoms with Crippen LogP contribution < -0.4 is 10.5 Å². The lowest BCUT2D eigenvalue weighted by Crippen LogP contribution is -2.09. The van der Waals surface area contributed by atoms with Crippen LogP contribution in [0.15, 0.2) is 35.8 Å². The maximum Gasteiger partial charge on any atom is 0.213 e. The number of hydrogen-bond donors (Lipinski definition) is 1. The van der Waals surface area contributed by atoms with Crippen LogP contribution in [0.25, 0.3) is 0 Å². The first-order chi connectivity index (χ1) is 7.75. The third-order valence-electron chi connectivity index (χ3n) is 1.96. The van der Waals surface area contributed by atoms with Crippen LogP contribution >= 0.6 is 23.6 Å². The summed E-state index contributed by atoms with van der Waals surface area (Å²) < 4.78 is 5.50. The first kappa shape index (κ1) is 11.0. The van der Waals surface area contributed by atoms with Crippen LogP contribution in [0.5, 0.6) is 5.88 Å². The number of thiophene rings is 1. The molecule has 0 saturated carbocycles. The second kappa shape index (κ2) is 5.05. The smallest absolute Gasteiger partial charge is 0.213 e. The van der Waals surface area contributed by atoms with Gasteiger partial charge in [0.1, 0.15) is 11.6 Å². The Bertz CT molecular complexity index is 465. The Hall–Kier alpha value is -1.46. The summed E-state index contributed by atoms with van der Waals surface area (Å²) in [5.74, 6) is 0.577. The van der Waals surface area contributed by atoms with Crippen LogP contribution in [-0.2, 0) is 6.61 Å². The van der Waals surface area contributed by atoms with Crippen molar-refractivity contribution < 1.29 is 4.74 Å². The number of ether oxygens (including phenoxy) is 1. The zero-order valence-electron chi connectivity index (χ0n) is 8.42. The predicted molar refractivity (Wildman–Crippen MR) is 68.8 cm³/mol. The van der Waals surface area contributed by atoms with Gasteiger partial charge in [-0.3, -0.25) is 0 Å². The highest BCUT2D eigenvalue weighted by atomic mass is 32.1. The van der Waals surface area contributed by atoms with Gasteiger partial charge in [0.2, 0.25) is 5.88 Å². The highest BCUT2D eigenvalue weighted by molar-refractivity contribution is 7.80. The Labute approximate surface area is 103 Å². The molecule has 0 unspecified atom stereocenters. The van der Waals surface area contributed by atoms with Crippen molar-refractivity contribution in [2.24, 2.45) is 5.73 Å². The van der Waals surface area contributed by atoms with Gasteiger partial charge in [0.05, 0.1) is 0 Å². The van der Waals surface area contributed by atoms with Crippen molar-refractivity contribution in [2.75, 3.05) is 0 Å². The lowest BCUT2D eigenvalue weighted by Gasteiger charge is -2.04. The zero-order valence-corrected chi connectivity index (χ0v) is 10.1. The van der Waals surface area contributed by atoms with E-state index in [9.17, 15) is 0 Å². The Morgan fingerprint density at radius 1 is 1.44 bits per heavy atom. The van der Waals surface area contributed by atoms with Crippen molar-refractivity contribution >= 4 is 28.5 Å². The normalized spacial score (nSPS) is 10.0. The minimum absolute atomic E-state index is 0.345. The third kappa shape index (κ3) is 2.77. The van der Waals surface area contributed by atoms with Gasteiger partial charge in [-0.1, -0.05) is 18.3 Å². The third-order valence-corrected chi connectivity index (χ3v) is 3.05. The summed E-state index contributed by atoms with van der Waals surface area (Å²) in [5, 5.41) is 2.02. The molecule has 2 heterocycles. The molecule has 0 aliphatic rings. The fourth-order valence-electron chi connectivity index (χ4n) is 1.15. The maximum atomic E-state index is 5.50. The van der Waals surface area contributed by atoms with E-state index in [0.29, 0.717) is 17.5 Å². The molecule has 0 bridgehead atoms. The highest BCUT2D eigenvalue weighted by Crippen LogP contribution is 2.13. The Balaban J connectivity index is 1.98. The van der Waals surface area contributed by atoms with Gasteiger partial charge in [-0.15, -0.1) is 11.3 Å². The summed E-state index contributed by atoms with van der Waals surface area (Å²) in [7, 11) is 0. The molecular formula is C11H10N2OS2. The molecule has 2 aromatic rings. The molecule has 2 rings (SSSR count). The minimum Gasteiger partial charge on any atom is -0.472 e. The van der Waals surface area contributed by atoms with E-state index >= 15 is 0 Å². The second-order valence-electron chi connectivity index (χ2n) is 3.12. The van der Waals surface area contributed by atoms with Crippen molar-refractivity contribution in [3.05, 3.63) is 46.3 Å². The second-order valence-corrected chi connectivity index (χ2v) is 4.59. The van der Waals surface area contributed by atoms with Gasteiger partial charge in [0.15, 0.2) is 0 Å². The standard InChI is InChI=1S/C11H10N2OS2/c12-11(15)8-3-4-10(13-6-8)14-7-9-2-1-5-16-9/h1-6H,7H2,(H2,12,15). The molecule has 0 radical (unpaired) electrons.